The van der Waals surface area contributed by atoms with Crippen molar-refractivity contribution in [1.29, 1.82) is 0 Å². The average Bonchev–Trinajstić information content (AvgIpc) is 3.40. The molecule has 0 radical (unpaired) electrons. The van der Waals surface area contributed by atoms with E-state index in [0.717, 1.165) is 67.1 Å². The number of hydrogen-bond acceptors (Lipinski definition) is 6. The zero-order valence-electron chi connectivity index (χ0n) is 20.7. The lowest BCUT2D eigenvalue weighted by molar-refractivity contribution is -0.138. The minimum Gasteiger partial charge on any atom is -0.382 e. The summed E-state index contributed by atoms with van der Waals surface area (Å²) in [4.78, 5) is 43.8. The molecule has 1 aromatic carbocycles. The van der Waals surface area contributed by atoms with E-state index in [-0.39, 0.29) is 24.3 Å². The van der Waals surface area contributed by atoms with E-state index < -0.39 is 0 Å². The summed E-state index contributed by atoms with van der Waals surface area (Å²) in [6.45, 7) is 4.69. The molecule has 0 bridgehead atoms. The summed E-state index contributed by atoms with van der Waals surface area (Å²) in [6.07, 6.45) is 7.10. The minimum absolute atomic E-state index is 0.0896. The van der Waals surface area contributed by atoms with Gasteiger partial charge in [-0.05, 0) is 44.1 Å². The first-order valence-corrected chi connectivity index (χ1v) is 12.8. The van der Waals surface area contributed by atoms with E-state index in [1.54, 1.807) is 0 Å². The molecule has 2 aliphatic heterocycles. The van der Waals surface area contributed by atoms with Gasteiger partial charge in [0, 0.05) is 61.2 Å². The number of aromatic nitrogens is 3. The molecule has 3 aromatic rings. The molecule has 0 aliphatic carbocycles. The van der Waals surface area contributed by atoms with Gasteiger partial charge in [-0.1, -0.05) is 25.1 Å². The third kappa shape index (κ3) is 4.57. The first-order chi connectivity index (χ1) is 17.5. The summed E-state index contributed by atoms with van der Waals surface area (Å²) in [6, 6.07) is 8.08. The highest BCUT2D eigenvalue weighted by atomic mass is 16.2. The molecule has 1 saturated heterocycles. The first kappa shape index (κ1) is 24.0. The van der Waals surface area contributed by atoms with Crippen molar-refractivity contribution in [2.75, 3.05) is 25.4 Å². The van der Waals surface area contributed by atoms with Gasteiger partial charge in [-0.25, -0.2) is 4.98 Å². The molecule has 1 fully saturated rings. The van der Waals surface area contributed by atoms with Gasteiger partial charge in [-0.2, -0.15) is 5.10 Å². The molecule has 3 amide bonds. The van der Waals surface area contributed by atoms with Crippen LogP contribution in [0, 0.1) is 5.92 Å². The molecule has 4 heterocycles. The number of hydrogen-bond donors (Lipinski definition) is 1. The molecule has 5 rings (SSSR count). The van der Waals surface area contributed by atoms with E-state index in [0.29, 0.717) is 24.6 Å². The van der Waals surface area contributed by atoms with Gasteiger partial charge in [0.15, 0.2) is 5.82 Å². The number of nitrogen functional groups attached to an aromatic ring is 1. The smallest absolute Gasteiger partial charge is 0.253 e. The predicted octanol–water partition coefficient (Wildman–Crippen LogP) is 3.06. The molecule has 2 aliphatic rings. The van der Waals surface area contributed by atoms with Crippen molar-refractivity contribution in [3.05, 3.63) is 42.1 Å². The molecule has 0 atom stereocenters. The number of likely N-dealkylation sites (tertiary alicyclic amines) is 1. The molecule has 0 saturated carbocycles. The lowest BCUT2D eigenvalue weighted by Gasteiger charge is -2.32. The molecule has 9 nitrogen and oxygen atoms in total. The molecule has 9 heteroatoms. The number of nitrogens with two attached hydrogens (primary N) is 1. The van der Waals surface area contributed by atoms with Crippen LogP contribution in [0.5, 0.6) is 0 Å². The van der Waals surface area contributed by atoms with E-state index >= 15 is 0 Å². The Morgan fingerprint density at radius 2 is 1.81 bits per heavy atom. The summed E-state index contributed by atoms with van der Waals surface area (Å²) < 4.78 is 2.10. The fourth-order valence-electron chi connectivity index (χ4n) is 5.39. The lowest BCUT2D eigenvalue weighted by Crippen LogP contribution is -2.39. The average molecular weight is 489 g/mol. The van der Waals surface area contributed by atoms with Gasteiger partial charge in [-0.15, -0.1) is 0 Å². The maximum absolute atomic E-state index is 12.7. The largest absolute Gasteiger partial charge is 0.382 e. The quantitative estimate of drug-likeness (QED) is 0.488. The van der Waals surface area contributed by atoms with E-state index in [1.165, 1.54) is 22.7 Å². The Labute approximate surface area is 209 Å². The fraction of sp³-hybridized carbons (Fsp3) is 0.444. The third-order valence-electron chi connectivity index (χ3n) is 7.27. The van der Waals surface area contributed by atoms with Crippen molar-refractivity contribution in [3.63, 3.8) is 0 Å². The Morgan fingerprint density at radius 1 is 1.08 bits per heavy atom. The number of nitrogens with zero attached hydrogens (tertiary/aromatic N) is 5. The van der Waals surface area contributed by atoms with Crippen LogP contribution in [0.4, 0.5) is 5.82 Å². The van der Waals surface area contributed by atoms with Crippen LogP contribution in [0.3, 0.4) is 0 Å². The number of carbonyl (C=O) groups is 3. The Balaban J connectivity index is 1.24. The molecule has 2 N–H and O–H groups in total. The highest BCUT2D eigenvalue weighted by Gasteiger charge is 2.27. The first-order valence-electron chi connectivity index (χ1n) is 12.8. The van der Waals surface area contributed by atoms with Gasteiger partial charge >= 0.3 is 0 Å². The molecule has 0 spiro atoms. The van der Waals surface area contributed by atoms with Crippen molar-refractivity contribution < 1.29 is 14.4 Å². The fourth-order valence-corrected chi connectivity index (χ4v) is 5.39. The highest BCUT2D eigenvalue weighted by Crippen LogP contribution is 2.33. The van der Waals surface area contributed by atoms with Crippen LogP contribution in [0.2, 0.25) is 0 Å². The zero-order valence-corrected chi connectivity index (χ0v) is 20.7. The number of amides is 3. The predicted molar refractivity (Wildman–Crippen MR) is 138 cm³/mol. The summed E-state index contributed by atoms with van der Waals surface area (Å²) in [5.74, 6) is 0.408. The van der Waals surface area contributed by atoms with Gasteiger partial charge in [0.05, 0.1) is 5.52 Å². The van der Waals surface area contributed by atoms with Crippen LogP contribution in [-0.2, 0) is 27.3 Å². The Hall–Kier alpha value is -3.75. The van der Waals surface area contributed by atoms with Gasteiger partial charge < -0.3 is 10.6 Å². The molecule has 188 valence electrons. The molecular formula is C27H32N6O3. The van der Waals surface area contributed by atoms with E-state index in [4.69, 9.17) is 10.8 Å². The van der Waals surface area contributed by atoms with Gasteiger partial charge in [0.1, 0.15) is 5.52 Å². The molecule has 36 heavy (non-hydrogen) atoms. The number of imide groups is 1. The summed E-state index contributed by atoms with van der Waals surface area (Å²) in [5, 5.41) is 7.03. The van der Waals surface area contributed by atoms with Crippen LogP contribution in [-0.4, -0.2) is 61.9 Å². The number of pyridine rings is 1. The van der Waals surface area contributed by atoms with E-state index in [9.17, 15) is 14.4 Å². The van der Waals surface area contributed by atoms with Crippen molar-refractivity contribution in [3.8, 4) is 0 Å². The van der Waals surface area contributed by atoms with Crippen LogP contribution in [0.25, 0.3) is 21.8 Å². The number of piperidine rings is 1. The number of carbonyl (C=O) groups excluding carboxylic acids is 3. The maximum Gasteiger partial charge on any atom is 0.253 e. The Kier molecular flexibility index (Phi) is 6.71. The normalized spacial score (nSPS) is 16.7. The number of benzene rings is 1. The highest BCUT2D eigenvalue weighted by molar-refractivity contribution is 6.13. The molecule has 0 unspecified atom stereocenters. The SMILES string of the molecule is CCCn1nc2c(N)nc3ccccc3c2c1CC1CCN(C(=O)CCCN2C(=O)C=CC2=O)CC1. The maximum atomic E-state index is 12.7. The topological polar surface area (TPSA) is 114 Å². The Morgan fingerprint density at radius 3 is 2.53 bits per heavy atom. The third-order valence-corrected chi connectivity index (χ3v) is 7.27. The van der Waals surface area contributed by atoms with Gasteiger partial charge in [-0.3, -0.25) is 24.0 Å². The number of para-hydroxylation sites is 1. The van der Waals surface area contributed by atoms with Crippen molar-refractivity contribution in [1.82, 2.24) is 24.6 Å². The second-order valence-electron chi connectivity index (χ2n) is 9.70. The molecule has 2 aromatic heterocycles. The Bertz CT molecular complexity index is 1330. The standard InChI is InChI=1S/C27H32N6O3/c1-2-13-33-21(25-19-6-3-4-7-20(19)29-27(28)26(25)30-33)17-18-11-15-31(16-12-18)22(34)8-5-14-32-23(35)9-10-24(32)36/h3-4,6-7,9-10,18H,2,5,8,11-17H2,1H3,(H2,28,29). The number of anilines is 1. The van der Waals surface area contributed by atoms with E-state index in [1.807, 2.05) is 23.1 Å². The number of fused-ring (bicyclic) bond motifs is 3. The summed E-state index contributed by atoms with van der Waals surface area (Å²) >= 11 is 0. The number of aryl methyl sites for hydroxylation is 1. The van der Waals surface area contributed by atoms with Crippen LogP contribution in [0.1, 0.15) is 44.7 Å². The van der Waals surface area contributed by atoms with Gasteiger partial charge in [0.2, 0.25) is 5.91 Å². The minimum atomic E-state index is -0.298. The summed E-state index contributed by atoms with van der Waals surface area (Å²) in [7, 11) is 0. The van der Waals surface area contributed by atoms with Crippen LogP contribution < -0.4 is 5.73 Å². The van der Waals surface area contributed by atoms with Crippen molar-refractivity contribution in [2.45, 2.75) is 52.0 Å². The van der Waals surface area contributed by atoms with Crippen molar-refractivity contribution in [2.24, 2.45) is 5.92 Å². The second-order valence-corrected chi connectivity index (χ2v) is 9.70. The number of rotatable bonds is 8. The monoisotopic (exact) mass is 488 g/mol. The van der Waals surface area contributed by atoms with Gasteiger partial charge in [0.25, 0.3) is 11.8 Å². The van der Waals surface area contributed by atoms with Crippen LogP contribution >= 0.6 is 0 Å². The zero-order chi connectivity index (χ0) is 25.2. The van der Waals surface area contributed by atoms with Crippen LogP contribution in [0.15, 0.2) is 36.4 Å². The lowest BCUT2D eigenvalue weighted by atomic mass is 9.90. The van der Waals surface area contributed by atoms with E-state index in [2.05, 4.69) is 22.7 Å². The molecular weight excluding hydrogens is 456 g/mol. The summed E-state index contributed by atoms with van der Waals surface area (Å²) in [5.41, 5.74) is 9.17. The second kappa shape index (κ2) is 10.1. The van der Waals surface area contributed by atoms with Crippen molar-refractivity contribution >= 4 is 45.3 Å².